The van der Waals surface area contributed by atoms with Crippen LogP contribution < -0.4 is 4.90 Å². The Morgan fingerprint density at radius 3 is 2.55 bits per heavy atom. The lowest BCUT2D eigenvalue weighted by Gasteiger charge is -2.39. The number of rotatable bonds is 7. The second kappa shape index (κ2) is 9.71. The average Bonchev–Trinajstić information content (AvgIpc) is 3.46. The van der Waals surface area contributed by atoms with Crippen molar-refractivity contribution in [3.8, 4) is 0 Å². The Balaban J connectivity index is 1.46. The van der Waals surface area contributed by atoms with E-state index in [1.807, 2.05) is 24.5 Å². The highest BCUT2D eigenvalue weighted by Crippen LogP contribution is 2.36. The van der Waals surface area contributed by atoms with Gasteiger partial charge in [-0.15, -0.1) is 10.2 Å². The minimum absolute atomic E-state index is 0.123. The van der Waals surface area contributed by atoms with Gasteiger partial charge in [0.05, 0.1) is 15.7 Å². The van der Waals surface area contributed by atoms with Crippen molar-refractivity contribution in [1.82, 2.24) is 24.6 Å². The van der Waals surface area contributed by atoms with Gasteiger partial charge < -0.3 is 13.9 Å². The van der Waals surface area contributed by atoms with Crippen molar-refractivity contribution in [2.24, 2.45) is 0 Å². The van der Waals surface area contributed by atoms with Gasteiger partial charge in [-0.2, -0.15) is 0 Å². The molecule has 1 saturated heterocycles. The van der Waals surface area contributed by atoms with E-state index in [-0.39, 0.29) is 6.04 Å². The maximum Gasteiger partial charge on any atom is 0.158 e. The van der Waals surface area contributed by atoms with Crippen LogP contribution in [0.1, 0.15) is 37.4 Å². The first-order valence-corrected chi connectivity index (χ1v) is 12.1. The van der Waals surface area contributed by atoms with Gasteiger partial charge in [-0.05, 0) is 18.6 Å². The maximum absolute atomic E-state index is 6.41. The summed E-state index contributed by atoms with van der Waals surface area (Å²) in [7, 11) is 0. The number of fused-ring (bicyclic) bond motifs is 1. The van der Waals surface area contributed by atoms with E-state index in [9.17, 15) is 0 Å². The Morgan fingerprint density at radius 1 is 1.06 bits per heavy atom. The van der Waals surface area contributed by atoms with Crippen LogP contribution in [0.3, 0.4) is 0 Å². The molecule has 0 spiro atoms. The number of halogens is 2. The molecule has 9 heteroatoms. The highest BCUT2D eigenvalue weighted by atomic mass is 35.5. The molecule has 1 aliphatic rings. The van der Waals surface area contributed by atoms with Crippen molar-refractivity contribution in [1.29, 1.82) is 0 Å². The second-order valence-corrected chi connectivity index (χ2v) is 9.11. The standard InChI is InChI=1S/C24H26Cl2N6O/c1-2-3-8-32-16-28-29-24(32)23(21-13-17-6-4-5-7-20(17)33-21)31-11-9-30(10-12-31)22-18(25)14-27-15-19(22)26/h4-7,13-16,23H,2-3,8-12H2,1H3. The molecule has 1 atom stereocenters. The third-order valence-corrected chi connectivity index (χ3v) is 6.73. The molecule has 0 saturated carbocycles. The van der Waals surface area contributed by atoms with Crippen LogP contribution in [0.2, 0.25) is 10.0 Å². The second-order valence-electron chi connectivity index (χ2n) is 8.30. The van der Waals surface area contributed by atoms with Gasteiger partial charge in [0, 0.05) is 50.5 Å². The van der Waals surface area contributed by atoms with E-state index in [0.29, 0.717) is 10.0 Å². The molecule has 0 amide bonds. The lowest BCUT2D eigenvalue weighted by Crippen LogP contribution is -2.48. The van der Waals surface area contributed by atoms with Gasteiger partial charge in [-0.25, -0.2) is 0 Å². The van der Waals surface area contributed by atoms with Crippen molar-refractivity contribution in [2.75, 3.05) is 31.1 Å². The lowest BCUT2D eigenvalue weighted by atomic mass is 10.1. The summed E-state index contributed by atoms with van der Waals surface area (Å²) in [5.74, 6) is 1.80. The normalized spacial score (nSPS) is 15.9. The number of aryl methyl sites for hydroxylation is 1. The topological polar surface area (TPSA) is 63.2 Å². The number of hydrogen-bond donors (Lipinski definition) is 0. The first-order chi connectivity index (χ1) is 16.2. The van der Waals surface area contributed by atoms with E-state index >= 15 is 0 Å². The van der Waals surface area contributed by atoms with Crippen LogP contribution in [-0.2, 0) is 6.54 Å². The van der Waals surface area contributed by atoms with Crippen molar-refractivity contribution >= 4 is 39.9 Å². The van der Waals surface area contributed by atoms with Crippen molar-refractivity contribution < 1.29 is 4.42 Å². The molecule has 0 N–H and O–H groups in total. The number of pyridine rings is 1. The molecule has 5 rings (SSSR count). The fraction of sp³-hybridized carbons (Fsp3) is 0.375. The number of unbranched alkanes of at least 4 members (excludes halogenated alkanes) is 1. The minimum atomic E-state index is -0.123. The summed E-state index contributed by atoms with van der Waals surface area (Å²) in [4.78, 5) is 8.71. The summed E-state index contributed by atoms with van der Waals surface area (Å²) < 4.78 is 8.49. The van der Waals surface area contributed by atoms with E-state index in [0.717, 1.165) is 73.8 Å². The SMILES string of the molecule is CCCCn1cnnc1C(c1cc2ccccc2o1)N1CCN(c2c(Cl)cncc2Cl)CC1. The Labute approximate surface area is 202 Å². The first kappa shape index (κ1) is 22.2. The van der Waals surface area contributed by atoms with Gasteiger partial charge in [-0.1, -0.05) is 54.7 Å². The monoisotopic (exact) mass is 484 g/mol. The van der Waals surface area contributed by atoms with Gasteiger partial charge in [0.2, 0.25) is 0 Å². The quantitative estimate of drug-likeness (QED) is 0.348. The summed E-state index contributed by atoms with van der Waals surface area (Å²) in [5.41, 5.74) is 1.73. The summed E-state index contributed by atoms with van der Waals surface area (Å²) in [6, 6.07) is 10.1. The zero-order chi connectivity index (χ0) is 22.8. The molecule has 7 nitrogen and oxygen atoms in total. The van der Waals surface area contributed by atoms with Crippen molar-refractivity contribution in [3.05, 3.63) is 70.7 Å². The number of aromatic nitrogens is 4. The molecular weight excluding hydrogens is 459 g/mol. The Morgan fingerprint density at radius 2 is 1.82 bits per heavy atom. The molecule has 0 radical (unpaired) electrons. The zero-order valence-corrected chi connectivity index (χ0v) is 20.0. The molecule has 4 aromatic rings. The molecule has 172 valence electrons. The Hall–Kier alpha value is -2.61. The zero-order valence-electron chi connectivity index (χ0n) is 18.5. The average molecular weight is 485 g/mol. The molecule has 1 aliphatic heterocycles. The van der Waals surface area contributed by atoms with Crippen LogP contribution in [0.25, 0.3) is 11.0 Å². The van der Waals surface area contributed by atoms with Crippen LogP contribution in [0, 0.1) is 0 Å². The third-order valence-electron chi connectivity index (χ3n) is 6.18. The van der Waals surface area contributed by atoms with E-state index in [4.69, 9.17) is 27.6 Å². The van der Waals surface area contributed by atoms with Gasteiger partial charge >= 0.3 is 0 Å². The molecule has 4 heterocycles. The van der Waals surface area contributed by atoms with Gasteiger partial charge in [0.15, 0.2) is 5.82 Å². The molecule has 1 aromatic carbocycles. The van der Waals surface area contributed by atoms with Gasteiger partial charge in [0.1, 0.15) is 23.7 Å². The van der Waals surface area contributed by atoms with E-state index in [2.05, 4.69) is 48.6 Å². The molecule has 1 fully saturated rings. The molecule has 33 heavy (non-hydrogen) atoms. The highest BCUT2D eigenvalue weighted by Gasteiger charge is 2.33. The fourth-order valence-corrected chi connectivity index (χ4v) is 5.10. The number of hydrogen-bond acceptors (Lipinski definition) is 6. The number of para-hydroxylation sites is 1. The predicted molar refractivity (Wildman–Crippen MR) is 131 cm³/mol. The molecule has 3 aromatic heterocycles. The molecule has 0 aliphatic carbocycles. The molecular formula is C24H26Cl2N6O. The first-order valence-electron chi connectivity index (χ1n) is 11.3. The number of nitrogens with zero attached hydrogens (tertiary/aromatic N) is 6. The third kappa shape index (κ3) is 4.45. The number of anilines is 1. The number of piperazine rings is 1. The smallest absolute Gasteiger partial charge is 0.158 e. The van der Waals surface area contributed by atoms with Crippen LogP contribution in [-0.4, -0.2) is 50.8 Å². The van der Waals surface area contributed by atoms with Crippen LogP contribution in [0.4, 0.5) is 5.69 Å². The van der Waals surface area contributed by atoms with E-state index < -0.39 is 0 Å². The summed E-state index contributed by atoms with van der Waals surface area (Å²) >= 11 is 12.8. The van der Waals surface area contributed by atoms with Crippen LogP contribution >= 0.6 is 23.2 Å². The Bertz CT molecular complexity index is 1180. The minimum Gasteiger partial charge on any atom is -0.459 e. The maximum atomic E-state index is 6.41. The largest absolute Gasteiger partial charge is 0.459 e. The van der Waals surface area contributed by atoms with E-state index in [1.165, 1.54) is 0 Å². The van der Waals surface area contributed by atoms with E-state index in [1.54, 1.807) is 12.4 Å². The Kier molecular flexibility index (Phi) is 6.53. The summed E-state index contributed by atoms with van der Waals surface area (Å²) in [6.07, 6.45) is 7.29. The number of benzene rings is 1. The number of furan rings is 1. The van der Waals surface area contributed by atoms with Crippen LogP contribution in [0.15, 0.2) is 53.5 Å². The van der Waals surface area contributed by atoms with Crippen LogP contribution in [0.5, 0.6) is 0 Å². The lowest BCUT2D eigenvalue weighted by molar-refractivity contribution is 0.183. The van der Waals surface area contributed by atoms with Crippen molar-refractivity contribution in [2.45, 2.75) is 32.4 Å². The fourth-order valence-electron chi connectivity index (χ4n) is 4.49. The highest BCUT2D eigenvalue weighted by molar-refractivity contribution is 6.38. The molecule has 1 unspecified atom stereocenters. The van der Waals surface area contributed by atoms with Gasteiger partial charge in [0.25, 0.3) is 0 Å². The summed E-state index contributed by atoms with van der Waals surface area (Å²) in [6.45, 7) is 6.24. The van der Waals surface area contributed by atoms with Crippen molar-refractivity contribution in [3.63, 3.8) is 0 Å². The molecule has 0 bridgehead atoms. The predicted octanol–water partition coefficient (Wildman–Crippen LogP) is 5.44. The van der Waals surface area contributed by atoms with Gasteiger partial charge in [-0.3, -0.25) is 9.88 Å². The summed E-state index contributed by atoms with van der Waals surface area (Å²) in [5, 5.41) is 11.0.